The number of nitrogens with zero attached hydrogens (tertiary/aromatic N) is 2. The van der Waals surface area contributed by atoms with Crippen molar-refractivity contribution in [3.05, 3.63) is 17.0 Å². The SMILES string of the molecule is CCn1nc(C)c(CCNC[C@@]2(O)CCNC2)c1C. The number of β-amino-alcohol motifs (C(OH)–C–C–N with tert-alkyl or cyclic N) is 1. The fraction of sp³-hybridized carbons (Fsp3) is 0.786. The second kappa shape index (κ2) is 6.03. The molecule has 2 rings (SSSR count). The summed E-state index contributed by atoms with van der Waals surface area (Å²) >= 11 is 0. The predicted octanol–water partition coefficient (Wildman–Crippen LogP) is 0.376. The van der Waals surface area contributed by atoms with Crippen LogP contribution >= 0.6 is 0 Å². The van der Waals surface area contributed by atoms with Crippen LogP contribution in [-0.2, 0) is 13.0 Å². The molecular formula is C14H26N4O. The maximum Gasteiger partial charge on any atom is 0.0907 e. The molecule has 1 aromatic heterocycles. The molecule has 1 aliphatic heterocycles. The van der Waals surface area contributed by atoms with Crippen molar-refractivity contribution in [1.82, 2.24) is 20.4 Å². The van der Waals surface area contributed by atoms with E-state index in [0.717, 1.165) is 38.2 Å². The van der Waals surface area contributed by atoms with Gasteiger partial charge in [-0.2, -0.15) is 5.10 Å². The Morgan fingerprint density at radius 2 is 2.26 bits per heavy atom. The summed E-state index contributed by atoms with van der Waals surface area (Å²) in [6, 6.07) is 0. The lowest BCUT2D eigenvalue weighted by molar-refractivity contribution is 0.0615. The van der Waals surface area contributed by atoms with Gasteiger partial charge in [-0.3, -0.25) is 4.68 Å². The summed E-state index contributed by atoms with van der Waals surface area (Å²) in [5, 5.41) is 21.3. The number of aromatic nitrogens is 2. The van der Waals surface area contributed by atoms with Gasteiger partial charge in [-0.25, -0.2) is 0 Å². The minimum atomic E-state index is -0.558. The van der Waals surface area contributed by atoms with Crippen molar-refractivity contribution >= 4 is 0 Å². The van der Waals surface area contributed by atoms with E-state index in [2.05, 4.69) is 41.2 Å². The van der Waals surface area contributed by atoms with Crippen LogP contribution in [0.5, 0.6) is 0 Å². The van der Waals surface area contributed by atoms with Gasteiger partial charge in [0.15, 0.2) is 0 Å². The molecule has 2 heterocycles. The summed E-state index contributed by atoms with van der Waals surface area (Å²) in [6.45, 7) is 10.4. The highest BCUT2D eigenvalue weighted by molar-refractivity contribution is 5.24. The molecule has 5 nitrogen and oxygen atoms in total. The van der Waals surface area contributed by atoms with Gasteiger partial charge in [0.2, 0.25) is 0 Å². The predicted molar refractivity (Wildman–Crippen MR) is 76.4 cm³/mol. The van der Waals surface area contributed by atoms with Gasteiger partial charge in [-0.05, 0) is 52.3 Å². The number of nitrogens with one attached hydrogen (secondary N) is 2. The number of rotatable bonds is 6. The summed E-state index contributed by atoms with van der Waals surface area (Å²) < 4.78 is 2.05. The van der Waals surface area contributed by atoms with Crippen molar-refractivity contribution in [3.8, 4) is 0 Å². The molecule has 3 N–H and O–H groups in total. The van der Waals surface area contributed by atoms with Crippen LogP contribution in [0, 0.1) is 13.8 Å². The maximum absolute atomic E-state index is 10.2. The van der Waals surface area contributed by atoms with E-state index in [1.807, 2.05) is 0 Å². The fourth-order valence-electron chi connectivity index (χ4n) is 2.82. The molecule has 19 heavy (non-hydrogen) atoms. The van der Waals surface area contributed by atoms with Crippen LogP contribution in [0.3, 0.4) is 0 Å². The van der Waals surface area contributed by atoms with Gasteiger partial charge in [0.25, 0.3) is 0 Å². The molecule has 1 aromatic rings. The molecule has 0 bridgehead atoms. The first-order valence-corrected chi connectivity index (χ1v) is 7.22. The monoisotopic (exact) mass is 266 g/mol. The zero-order valence-corrected chi connectivity index (χ0v) is 12.3. The fourth-order valence-corrected chi connectivity index (χ4v) is 2.82. The Balaban J connectivity index is 1.81. The highest BCUT2D eigenvalue weighted by atomic mass is 16.3. The zero-order chi connectivity index (χ0) is 13.9. The second-order valence-electron chi connectivity index (χ2n) is 5.54. The van der Waals surface area contributed by atoms with Gasteiger partial charge >= 0.3 is 0 Å². The standard InChI is InChI=1S/C14H26N4O/c1-4-18-12(3)13(11(2)17-18)5-7-15-9-14(19)6-8-16-10-14/h15-16,19H,4-10H2,1-3H3/t14-/m0/s1. The van der Waals surface area contributed by atoms with Crippen LogP contribution in [0.2, 0.25) is 0 Å². The molecule has 1 atom stereocenters. The molecule has 0 unspecified atom stereocenters. The molecule has 1 aliphatic rings. The average molecular weight is 266 g/mol. The zero-order valence-electron chi connectivity index (χ0n) is 12.3. The number of hydrogen-bond acceptors (Lipinski definition) is 4. The van der Waals surface area contributed by atoms with E-state index < -0.39 is 5.60 Å². The summed E-state index contributed by atoms with van der Waals surface area (Å²) in [7, 11) is 0. The molecule has 0 aromatic carbocycles. The molecule has 5 heteroatoms. The van der Waals surface area contributed by atoms with Crippen LogP contribution in [0.15, 0.2) is 0 Å². The van der Waals surface area contributed by atoms with Crippen LogP contribution in [0.4, 0.5) is 0 Å². The Morgan fingerprint density at radius 1 is 1.47 bits per heavy atom. The Kier molecular flexibility index (Phi) is 4.60. The molecule has 108 valence electrons. The highest BCUT2D eigenvalue weighted by Gasteiger charge is 2.30. The van der Waals surface area contributed by atoms with Crippen molar-refractivity contribution in [2.75, 3.05) is 26.2 Å². The third kappa shape index (κ3) is 3.35. The van der Waals surface area contributed by atoms with Crippen LogP contribution in [-0.4, -0.2) is 46.7 Å². The quantitative estimate of drug-likeness (QED) is 0.651. The number of aryl methyl sites for hydroxylation is 2. The van der Waals surface area contributed by atoms with Crippen LogP contribution in [0.1, 0.15) is 30.3 Å². The largest absolute Gasteiger partial charge is 0.387 e. The minimum Gasteiger partial charge on any atom is -0.387 e. The molecule has 1 saturated heterocycles. The van der Waals surface area contributed by atoms with E-state index in [-0.39, 0.29) is 0 Å². The lowest BCUT2D eigenvalue weighted by Crippen LogP contribution is -2.42. The smallest absolute Gasteiger partial charge is 0.0907 e. The maximum atomic E-state index is 10.2. The van der Waals surface area contributed by atoms with E-state index in [9.17, 15) is 5.11 Å². The Labute approximate surface area is 115 Å². The summed E-state index contributed by atoms with van der Waals surface area (Å²) in [4.78, 5) is 0. The second-order valence-corrected chi connectivity index (χ2v) is 5.54. The Morgan fingerprint density at radius 3 is 2.84 bits per heavy atom. The minimum absolute atomic E-state index is 0.558. The van der Waals surface area contributed by atoms with E-state index in [1.165, 1.54) is 11.3 Å². The number of hydrogen-bond donors (Lipinski definition) is 3. The lowest BCUT2D eigenvalue weighted by atomic mass is 10.0. The first-order valence-electron chi connectivity index (χ1n) is 7.22. The Bertz CT molecular complexity index is 421. The Hall–Kier alpha value is -0.910. The summed E-state index contributed by atoms with van der Waals surface area (Å²) in [5.74, 6) is 0. The molecule has 1 fully saturated rings. The summed E-state index contributed by atoms with van der Waals surface area (Å²) in [6.07, 6.45) is 1.81. The third-order valence-corrected chi connectivity index (χ3v) is 4.06. The van der Waals surface area contributed by atoms with E-state index in [4.69, 9.17) is 0 Å². The summed E-state index contributed by atoms with van der Waals surface area (Å²) in [5.41, 5.74) is 3.17. The van der Waals surface area contributed by atoms with Crippen molar-refractivity contribution in [1.29, 1.82) is 0 Å². The molecule has 0 saturated carbocycles. The lowest BCUT2D eigenvalue weighted by Gasteiger charge is -2.21. The number of aliphatic hydroxyl groups is 1. The van der Waals surface area contributed by atoms with Gasteiger partial charge in [0.05, 0.1) is 11.3 Å². The average Bonchev–Trinajstić information content (AvgIpc) is 2.92. The topological polar surface area (TPSA) is 62.1 Å². The van der Waals surface area contributed by atoms with Gasteiger partial charge in [-0.15, -0.1) is 0 Å². The van der Waals surface area contributed by atoms with Gasteiger partial charge in [0, 0.05) is 25.3 Å². The third-order valence-electron chi connectivity index (χ3n) is 4.06. The van der Waals surface area contributed by atoms with Gasteiger partial charge in [-0.1, -0.05) is 0 Å². The van der Waals surface area contributed by atoms with E-state index in [0.29, 0.717) is 13.1 Å². The first kappa shape index (κ1) is 14.5. The molecule has 0 spiro atoms. The van der Waals surface area contributed by atoms with Gasteiger partial charge in [0.1, 0.15) is 0 Å². The molecule has 0 amide bonds. The molecular weight excluding hydrogens is 240 g/mol. The van der Waals surface area contributed by atoms with E-state index >= 15 is 0 Å². The van der Waals surface area contributed by atoms with Crippen molar-refractivity contribution < 1.29 is 5.11 Å². The first-order chi connectivity index (χ1) is 9.06. The van der Waals surface area contributed by atoms with Crippen molar-refractivity contribution in [3.63, 3.8) is 0 Å². The highest BCUT2D eigenvalue weighted by Crippen LogP contribution is 2.14. The molecule has 0 aliphatic carbocycles. The normalized spacial score (nSPS) is 23.2. The van der Waals surface area contributed by atoms with Gasteiger partial charge < -0.3 is 15.7 Å². The van der Waals surface area contributed by atoms with Crippen molar-refractivity contribution in [2.45, 2.75) is 45.8 Å². The van der Waals surface area contributed by atoms with Crippen LogP contribution in [0.25, 0.3) is 0 Å². The van der Waals surface area contributed by atoms with Crippen LogP contribution < -0.4 is 10.6 Å². The van der Waals surface area contributed by atoms with Crippen molar-refractivity contribution in [2.24, 2.45) is 0 Å². The molecule has 0 radical (unpaired) electrons. The van der Waals surface area contributed by atoms with E-state index in [1.54, 1.807) is 0 Å².